The third kappa shape index (κ3) is 3.09. The van der Waals surface area contributed by atoms with Crippen molar-refractivity contribution in [1.29, 1.82) is 0 Å². The van der Waals surface area contributed by atoms with Crippen molar-refractivity contribution < 1.29 is 9.59 Å². The third-order valence-electron chi connectivity index (χ3n) is 5.62. The Hall–Kier alpha value is -2.35. The van der Waals surface area contributed by atoms with E-state index in [1.165, 1.54) is 0 Å². The minimum Gasteiger partial charge on any atom is -0.331 e. The molecule has 28 heavy (non-hydrogen) atoms. The number of aromatic amines is 1. The number of carbonyl (C=O) groups excluding carboxylic acids is 2. The number of carbonyl (C=O) groups is 2. The summed E-state index contributed by atoms with van der Waals surface area (Å²) in [7, 11) is 0. The van der Waals surface area contributed by atoms with Gasteiger partial charge in [0.2, 0.25) is 11.8 Å². The summed E-state index contributed by atoms with van der Waals surface area (Å²) in [5, 5.41) is 0.527. The first-order valence-corrected chi connectivity index (χ1v) is 10.5. The number of amides is 2. The average molecular weight is 401 g/mol. The molecule has 2 unspecified atom stereocenters. The number of thioether (sulfide) groups is 1. The summed E-state index contributed by atoms with van der Waals surface area (Å²) in [5.74, 6) is 1.02. The predicted molar refractivity (Wildman–Crippen MR) is 109 cm³/mol. The SMILES string of the molecule is CC(C)N(Cc1nc2ccccc2c(=O)[nH]1)C(=O)C1CSC2(C)CCC(=O)N12. The molecule has 0 radical (unpaired) electrons. The number of para-hydroxylation sites is 1. The van der Waals surface area contributed by atoms with E-state index in [2.05, 4.69) is 9.97 Å². The first kappa shape index (κ1) is 19.0. The fourth-order valence-corrected chi connectivity index (χ4v) is 5.50. The van der Waals surface area contributed by atoms with E-state index in [4.69, 9.17) is 0 Å². The van der Waals surface area contributed by atoms with E-state index in [0.29, 0.717) is 28.9 Å². The van der Waals surface area contributed by atoms with E-state index in [0.717, 1.165) is 6.42 Å². The van der Waals surface area contributed by atoms with Crippen molar-refractivity contribution in [3.63, 3.8) is 0 Å². The van der Waals surface area contributed by atoms with E-state index < -0.39 is 6.04 Å². The normalized spacial score (nSPS) is 24.2. The Morgan fingerprint density at radius 3 is 2.89 bits per heavy atom. The molecule has 1 aromatic carbocycles. The third-order valence-corrected chi connectivity index (χ3v) is 7.12. The maximum Gasteiger partial charge on any atom is 0.258 e. The number of hydrogen-bond donors (Lipinski definition) is 1. The molecule has 2 aliphatic heterocycles. The van der Waals surface area contributed by atoms with Crippen LogP contribution in [0.5, 0.6) is 0 Å². The highest BCUT2D eigenvalue weighted by Crippen LogP contribution is 2.47. The maximum absolute atomic E-state index is 13.4. The minimum atomic E-state index is -0.459. The molecule has 1 N–H and O–H groups in total. The largest absolute Gasteiger partial charge is 0.331 e. The molecule has 2 aromatic rings. The molecule has 8 heteroatoms. The van der Waals surface area contributed by atoms with Crippen LogP contribution in [-0.4, -0.2) is 54.3 Å². The van der Waals surface area contributed by atoms with Crippen molar-refractivity contribution in [3.8, 4) is 0 Å². The summed E-state index contributed by atoms with van der Waals surface area (Å²) in [5.41, 5.74) is 0.395. The lowest BCUT2D eigenvalue weighted by molar-refractivity contribution is -0.145. The monoisotopic (exact) mass is 400 g/mol. The zero-order valence-electron chi connectivity index (χ0n) is 16.3. The predicted octanol–water partition coefficient (Wildman–Crippen LogP) is 2.11. The van der Waals surface area contributed by atoms with Gasteiger partial charge in [0.1, 0.15) is 11.9 Å². The van der Waals surface area contributed by atoms with Gasteiger partial charge < -0.3 is 14.8 Å². The van der Waals surface area contributed by atoms with Gasteiger partial charge in [0.05, 0.1) is 22.3 Å². The first-order chi connectivity index (χ1) is 13.3. The molecule has 0 aliphatic carbocycles. The molecule has 148 valence electrons. The van der Waals surface area contributed by atoms with Gasteiger partial charge in [-0.2, -0.15) is 0 Å². The summed E-state index contributed by atoms with van der Waals surface area (Å²) < 4.78 is 0. The molecule has 0 spiro atoms. The van der Waals surface area contributed by atoms with Crippen molar-refractivity contribution in [2.45, 2.75) is 57.1 Å². The molecule has 1 aromatic heterocycles. The Labute approximate surface area is 167 Å². The van der Waals surface area contributed by atoms with E-state index >= 15 is 0 Å². The maximum atomic E-state index is 13.4. The van der Waals surface area contributed by atoms with Crippen molar-refractivity contribution in [3.05, 3.63) is 40.4 Å². The zero-order chi connectivity index (χ0) is 20.1. The van der Waals surface area contributed by atoms with Gasteiger partial charge in [-0.15, -0.1) is 11.8 Å². The van der Waals surface area contributed by atoms with Gasteiger partial charge in [-0.25, -0.2) is 4.98 Å². The smallest absolute Gasteiger partial charge is 0.258 e. The molecule has 3 heterocycles. The van der Waals surface area contributed by atoms with Crippen molar-refractivity contribution >= 4 is 34.5 Å². The molecule has 0 saturated carbocycles. The Morgan fingerprint density at radius 1 is 1.39 bits per heavy atom. The fourth-order valence-electron chi connectivity index (χ4n) is 4.08. The number of fused-ring (bicyclic) bond motifs is 2. The van der Waals surface area contributed by atoms with E-state index in [-0.39, 0.29) is 34.8 Å². The number of rotatable bonds is 4. The molecule has 2 saturated heterocycles. The molecule has 0 bridgehead atoms. The van der Waals surface area contributed by atoms with Crippen LogP contribution in [0.25, 0.3) is 10.9 Å². The van der Waals surface area contributed by atoms with Gasteiger partial charge in [-0.05, 0) is 39.3 Å². The summed E-state index contributed by atoms with van der Waals surface area (Å²) in [6.07, 6.45) is 1.27. The lowest BCUT2D eigenvalue weighted by atomic mass is 10.1. The van der Waals surface area contributed by atoms with Gasteiger partial charge in [-0.1, -0.05) is 12.1 Å². The molecule has 7 nitrogen and oxygen atoms in total. The van der Waals surface area contributed by atoms with Crippen molar-refractivity contribution in [2.75, 3.05) is 5.75 Å². The Morgan fingerprint density at radius 2 is 2.14 bits per heavy atom. The Kier molecular flexibility index (Phi) is 4.69. The van der Waals surface area contributed by atoms with Crippen LogP contribution in [0.2, 0.25) is 0 Å². The lowest BCUT2D eigenvalue weighted by Gasteiger charge is -2.34. The van der Waals surface area contributed by atoms with Gasteiger partial charge in [0.25, 0.3) is 5.56 Å². The molecule has 2 amide bonds. The molecule has 4 rings (SSSR count). The number of nitrogens with zero attached hydrogens (tertiary/aromatic N) is 3. The van der Waals surface area contributed by atoms with Crippen LogP contribution >= 0.6 is 11.8 Å². The topological polar surface area (TPSA) is 86.4 Å². The molecule has 2 aliphatic rings. The molecule has 2 atom stereocenters. The lowest BCUT2D eigenvalue weighted by Crippen LogP contribution is -2.52. The van der Waals surface area contributed by atoms with Crippen LogP contribution in [-0.2, 0) is 16.1 Å². The number of aromatic nitrogens is 2. The fraction of sp³-hybridized carbons (Fsp3) is 0.500. The standard InChI is InChI=1S/C20H24N4O3S/c1-12(2)23(10-16-21-14-7-5-4-6-13(14)18(26)22-16)19(27)15-11-28-20(3)9-8-17(25)24(15)20/h4-7,12,15H,8-11H2,1-3H3,(H,21,22,26). The van der Waals surface area contributed by atoms with E-state index in [1.807, 2.05) is 26.8 Å². The molecular weight excluding hydrogens is 376 g/mol. The van der Waals surface area contributed by atoms with Crippen LogP contribution in [0.1, 0.15) is 39.4 Å². The van der Waals surface area contributed by atoms with Gasteiger partial charge in [0, 0.05) is 18.2 Å². The highest BCUT2D eigenvalue weighted by Gasteiger charge is 2.53. The number of hydrogen-bond acceptors (Lipinski definition) is 5. The van der Waals surface area contributed by atoms with Gasteiger partial charge in [0.15, 0.2) is 0 Å². The first-order valence-electron chi connectivity index (χ1n) is 9.55. The van der Waals surface area contributed by atoms with Crippen LogP contribution in [0.3, 0.4) is 0 Å². The zero-order valence-corrected chi connectivity index (χ0v) is 17.1. The quantitative estimate of drug-likeness (QED) is 0.850. The Balaban J connectivity index is 1.62. The van der Waals surface area contributed by atoms with E-state index in [9.17, 15) is 14.4 Å². The van der Waals surface area contributed by atoms with Crippen LogP contribution in [0.4, 0.5) is 0 Å². The number of benzene rings is 1. The number of nitrogens with one attached hydrogen (secondary N) is 1. The van der Waals surface area contributed by atoms with Crippen molar-refractivity contribution in [2.24, 2.45) is 0 Å². The molecular formula is C20H24N4O3S. The average Bonchev–Trinajstić information content (AvgIpc) is 3.15. The van der Waals surface area contributed by atoms with Crippen LogP contribution in [0, 0.1) is 0 Å². The van der Waals surface area contributed by atoms with E-state index in [1.54, 1.807) is 39.8 Å². The summed E-state index contributed by atoms with van der Waals surface area (Å²) in [6, 6.07) is 6.60. The minimum absolute atomic E-state index is 0.0480. The van der Waals surface area contributed by atoms with Gasteiger partial charge in [-0.3, -0.25) is 14.4 Å². The summed E-state index contributed by atoms with van der Waals surface area (Å²) in [6.45, 7) is 6.11. The summed E-state index contributed by atoms with van der Waals surface area (Å²) in [4.78, 5) is 48.6. The number of H-pyrrole nitrogens is 1. The van der Waals surface area contributed by atoms with Gasteiger partial charge >= 0.3 is 0 Å². The van der Waals surface area contributed by atoms with Crippen LogP contribution in [0.15, 0.2) is 29.1 Å². The highest BCUT2D eigenvalue weighted by molar-refractivity contribution is 8.01. The Bertz CT molecular complexity index is 1000. The van der Waals surface area contributed by atoms with Crippen LogP contribution < -0.4 is 5.56 Å². The highest BCUT2D eigenvalue weighted by atomic mass is 32.2. The second-order valence-electron chi connectivity index (χ2n) is 7.86. The van der Waals surface area contributed by atoms with Crippen molar-refractivity contribution in [1.82, 2.24) is 19.8 Å². The molecule has 2 fully saturated rings. The summed E-state index contributed by atoms with van der Waals surface area (Å²) >= 11 is 1.68. The second-order valence-corrected chi connectivity index (χ2v) is 9.36. The second kappa shape index (κ2) is 6.92.